The number of rotatable bonds is 9. The molecule has 0 aliphatic rings. The second-order valence-corrected chi connectivity index (χ2v) is 7.68. The molecule has 2 aromatic carbocycles. The van der Waals surface area contributed by atoms with Crippen LogP contribution in [0.4, 0.5) is 4.79 Å². The van der Waals surface area contributed by atoms with Gasteiger partial charge in [0.15, 0.2) is 0 Å². The minimum atomic E-state index is -4.42. The van der Waals surface area contributed by atoms with Gasteiger partial charge in [0, 0.05) is 0 Å². The third kappa shape index (κ3) is 10.7. The van der Waals surface area contributed by atoms with Gasteiger partial charge in [0.05, 0.1) is 25.8 Å². The van der Waals surface area contributed by atoms with E-state index >= 15 is 0 Å². The molecule has 2 N–H and O–H groups in total. The molecule has 0 aliphatic carbocycles. The Labute approximate surface area is 193 Å². The summed E-state index contributed by atoms with van der Waals surface area (Å²) in [5.74, 6) is -1.55. The molecule has 0 fully saturated rings. The molecule has 2 aromatic rings. The summed E-state index contributed by atoms with van der Waals surface area (Å²) in [7, 11) is -4.42. The van der Waals surface area contributed by atoms with E-state index in [0.717, 1.165) is 5.56 Å². The van der Waals surface area contributed by atoms with Crippen molar-refractivity contribution in [2.45, 2.75) is 19.1 Å². The van der Waals surface area contributed by atoms with Crippen LogP contribution in [0.15, 0.2) is 60.7 Å². The van der Waals surface area contributed by atoms with Crippen molar-refractivity contribution in [1.29, 1.82) is 0 Å². The zero-order valence-electron chi connectivity index (χ0n) is 16.4. The molecule has 1 unspecified atom stereocenters. The van der Waals surface area contributed by atoms with Crippen LogP contribution < -0.4 is 58.1 Å². The molecule has 11 heteroatoms. The van der Waals surface area contributed by atoms with Gasteiger partial charge in [-0.3, -0.25) is 5.09 Å². The van der Waals surface area contributed by atoms with E-state index in [9.17, 15) is 24.2 Å². The molecule has 0 spiro atoms. The van der Waals surface area contributed by atoms with Crippen molar-refractivity contribution in [3.05, 3.63) is 71.8 Å². The van der Waals surface area contributed by atoms with Crippen molar-refractivity contribution in [2.75, 3.05) is 6.29 Å². The summed E-state index contributed by atoms with van der Waals surface area (Å²) < 4.78 is 17.0. The predicted molar refractivity (Wildman–Crippen MR) is 94.3 cm³/mol. The van der Waals surface area contributed by atoms with Crippen LogP contribution in [0.5, 0.6) is 0 Å². The zero-order valence-corrected chi connectivity index (χ0v) is 17.3. The molecule has 2 rings (SSSR count). The molecule has 0 aromatic heterocycles. The van der Waals surface area contributed by atoms with Gasteiger partial charge in [-0.25, -0.2) is 4.79 Å². The van der Waals surface area contributed by atoms with Crippen LogP contribution in [0, 0.1) is 0 Å². The number of carbonyl (C=O) groups excluding carboxylic acids is 2. The van der Waals surface area contributed by atoms with Gasteiger partial charge < -0.3 is 29.4 Å². The Morgan fingerprint density at radius 2 is 1.48 bits per heavy atom. The van der Waals surface area contributed by atoms with E-state index in [2.05, 4.69) is 5.32 Å². The van der Waals surface area contributed by atoms with Gasteiger partial charge in [-0.1, -0.05) is 60.7 Å². The van der Waals surface area contributed by atoms with E-state index in [-0.39, 0.29) is 50.7 Å². The van der Waals surface area contributed by atoms with Gasteiger partial charge in [0.1, 0.15) is 6.61 Å². The smallest absolute Gasteiger partial charge is 0.787 e. The average Bonchev–Trinajstić information content (AvgIpc) is 2.66. The van der Waals surface area contributed by atoms with Crippen molar-refractivity contribution in [3.63, 3.8) is 0 Å². The number of aliphatic carboxylic acids is 1. The number of nitrogens with one attached hydrogen (secondary N) is 2. The van der Waals surface area contributed by atoms with E-state index in [4.69, 9.17) is 4.74 Å². The topological polar surface area (TPSA) is 131 Å². The molecule has 1 amide bonds. The number of carboxylic acids is 1. The summed E-state index contributed by atoms with van der Waals surface area (Å²) in [6.45, 7) is -0.0149. The fourth-order valence-electron chi connectivity index (χ4n) is 2.26. The third-order valence-electron chi connectivity index (χ3n) is 3.56. The molecule has 0 bridgehead atoms. The van der Waals surface area contributed by atoms with Crippen LogP contribution in [0.2, 0.25) is 0 Å². The van der Waals surface area contributed by atoms with Crippen molar-refractivity contribution in [3.8, 4) is 0 Å². The van der Waals surface area contributed by atoms with E-state index in [1.54, 1.807) is 54.6 Å². The van der Waals surface area contributed by atoms with Crippen molar-refractivity contribution in [2.24, 2.45) is 0 Å². The minimum Gasteiger partial charge on any atom is -0.787 e. The maximum atomic E-state index is 12.1. The molecule has 2 atom stereocenters. The van der Waals surface area contributed by atoms with Crippen molar-refractivity contribution < 1.29 is 66.6 Å². The average molecular weight is 404 g/mol. The number of amides is 1. The normalized spacial score (nSPS) is 13.0. The Hall–Kier alpha value is -1.48. The zero-order chi connectivity index (χ0) is 19.7. The number of hydrogen-bond acceptors (Lipinski definition) is 6. The van der Waals surface area contributed by atoms with Gasteiger partial charge in [-0.05, 0) is 17.5 Å². The van der Waals surface area contributed by atoms with Crippen LogP contribution in [-0.2, 0) is 27.1 Å². The second kappa shape index (κ2) is 13.7. The molecule has 29 heavy (non-hydrogen) atoms. The third-order valence-corrected chi connectivity index (χ3v) is 4.84. The number of benzene rings is 2. The van der Waals surface area contributed by atoms with Crippen LogP contribution in [0.1, 0.15) is 11.1 Å². The van der Waals surface area contributed by atoms with Crippen LogP contribution >= 0.6 is 7.52 Å². The van der Waals surface area contributed by atoms with Gasteiger partial charge in [0.2, 0.25) is 0 Å². The van der Waals surface area contributed by atoms with Crippen LogP contribution in [0.3, 0.4) is 0 Å². The Morgan fingerprint density at radius 1 is 0.966 bits per heavy atom. The van der Waals surface area contributed by atoms with Gasteiger partial charge >= 0.3 is 43.8 Å². The first-order valence-electron chi connectivity index (χ1n) is 8.13. The largest absolute Gasteiger partial charge is 1.00 e. The molecular weight excluding hydrogens is 385 g/mol. The molecule has 8 nitrogen and oxygen atoms in total. The summed E-state index contributed by atoms with van der Waals surface area (Å²) >= 11 is 0. The molecule has 0 aliphatic heterocycles. The first-order valence-corrected chi connectivity index (χ1v) is 9.94. The second-order valence-electron chi connectivity index (χ2n) is 5.76. The summed E-state index contributed by atoms with van der Waals surface area (Å²) in [6, 6.07) is 15.9. The molecular formula is C18H19Li2N2O6P. The van der Waals surface area contributed by atoms with Gasteiger partial charge in [-0.15, -0.1) is 0 Å². The quantitative estimate of drug-likeness (QED) is 0.315. The Morgan fingerprint density at radius 3 is 2.00 bits per heavy atom. The standard InChI is InChI=1S/C18H21N2O6P.2Li/c21-17(22)16(11-14-7-3-1-4-8-14)20-27(24,25)13-19-18(23)26-12-15-9-5-2-6-10-15;;/h1-10,16H,11-13H2,(H,19,23)(H,21,22)(H2,20,24,25);;/q;2*+1/p-2/t16-;;/m0../s1. The fourth-order valence-corrected chi connectivity index (χ4v) is 3.36. The van der Waals surface area contributed by atoms with Crippen molar-refractivity contribution >= 4 is 19.6 Å². The summed E-state index contributed by atoms with van der Waals surface area (Å²) in [6.07, 6.45) is -1.79. The maximum Gasteiger partial charge on any atom is 1.00 e. The number of ether oxygens (including phenoxy) is 1. The fraction of sp³-hybridized carbons (Fsp3) is 0.222. The van der Waals surface area contributed by atoms with E-state index in [1.165, 1.54) is 0 Å². The maximum absolute atomic E-state index is 12.1. The summed E-state index contributed by atoms with van der Waals surface area (Å²) in [5, 5.41) is 15.4. The molecule has 0 saturated heterocycles. The monoisotopic (exact) mass is 404 g/mol. The molecule has 144 valence electrons. The minimum absolute atomic E-state index is 0. The molecule has 0 radical (unpaired) electrons. The Kier molecular flexibility index (Phi) is 13.0. The van der Waals surface area contributed by atoms with Gasteiger partial charge in [0.25, 0.3) is 0 Å². The van der Waals surface area contributed by atoms with Crippen molar-refractivity contribution in [1.82, 2.24) is 10.4 Å². The van der Waals surface area contributed by atoms with Crippen LogP contribution in [-0.4, -0.2) is 24.4 Å². The number of carboxylic acid groups (broad SMARTS) is 1. The van der Waals surface area contributed by atoms with Gasteiger partial charge in [-0.2, -0.15) is 0 Å². The number of carbonyl (C=O) groups is 2. The van der Waals surface area contributed by atoms with E-state index in [0.29, 0.717) is 5.56 Å². The predicted octanol–water partition coefficient (Wildman–Crippen LogP) is -5.62. The summed E-state index contributed by atoms with van der Waals surface area (Å²) in [5.41, 5.74) is 1.38. The molecule has 0 saturated carbocycles. The Balaban J connectivity index is 0.00000392. The number of alkyl carbamates (subject to hydrolysis) is 1. The number of hydrogen-bond donors (Lipinski definition) is 2. The Bertz CT molecular complexity index is 811. The van der Waals surface area contributed by atoms with Crippen LogP contribution in [0.25, 0.3) is 0 Å². The first kappa shape index (κ1) is 27.5. The molecule has 0 heterocycles. The summed E-state index contributed by atoms with van der Waals surface area (Å²) in [4.78, 5) is 34.9. The van der Waals surface area contributed by atoms with E-state index in [1.807, 2.05) is 11.2 Å². The van der Waals surface area contributed by atoms with E-state index < -0.39 is 31.9 Å². The first-order chi connectivity index (χ1) is 12.9. The SMILES string of the molecule is O=C(NCP(=O)([O-])N[C@@H](Cc1ccccc1)C(=O)[O-])OCc1ccccc1.[Li+].[Li+].